The number of rotatable bonds is 2. The van der Waals surface area contributed by atoms with Gasteiger partial charge in [0.1, 0.15) is 22.8 Å². The summed E-state index contributed by atoms with van der Waals surface area (Å²) in [6.45, 7) is 6.18. The first-order chi connectivity index (χ1) is 17.1. The number of Topliss-reactive ketones (excluding diaryl/α,β-unsaturated/α-hetero) is 2. The van der Waals surface area contributed by atoms with Crippen LogP contribution < -0.4 is 5.73 Å². The quantitative estimate of drug-likeness (QED) is 0.297. The van der Waals surface area contributed by atoms with E-state index in [0.717, 1.165) is 0 Å². The van der Waals surface area contributed by atoms with E-state index in [1.54, 1.807) is 6.07 Å². The van der Waals surface area contributed by atoms with E-state index >= 15 is 0 Å². The number of aliphatic hydroxyl groups excluding tert-OH is 2. The third-order valence-electron chi connectivity index (χ3n) is 7.49. The topological polar surface area (TPSA) is 161 Å². The van der Waals surface area contributed by atoms with E-state index in [1.807, 2.05) is 39.8 Å². The Morgan fingerprint density at radius 1 is 1.19 bits per heavy atom. The number of phenolic OH excluding ortho intramolecular Hbond substituents is 1. The van der Waals surface area contributed by atoms with Crippen molar-refractivity contribution >= 4 is 23.2 Å². The van der Waals surface area contributed by atoms with Crippen LogP contribution in [0.15, 0.2) is 23.0 Å². The molecule has 1 saturated carbocycles. The number of amides is 1. The normalized spacial score (nSPS) is 25.4. The van der Waals surface area contributed by atoms with Gasteiger partial charge in [0.05, 0.1) is 12.1 Å². The highest BCUT2D eigenvalue weighted by atomic mass is 16.3. The fourth-order valence-corrected chi connectivity index (χ4v) is 5.67. The molecule has 0 aromatic heterocycles. The molecule has 0 radical (unpaired) electrons. The number of primary amides is 1. The van der Waals surface area contributed by atoms with Crippen LogP contribution in [0.1, 0.15) is 55.9 Å². The zero-order valence-corrected chi connectivity index (χ0v) is 21.6. The number of ketones is 2. The maximum Gasteiger partial charge on any atom is 0.255 e. The number of aromatic hydroxyl groups is 1. The fourth-order valence-electron chi connectivity index (χ4n) is 5.67. The molecular weight excluding hydrogens is 476 g/mol. The molecule has 37 heavy (non-hydrogen) atoms. The van der Waals surface area contributed by atoms with Crippen molar-refractivity contribution in [3.63, 3.8) is 0 Å². The molecular formula is C28H32N2O7. The molecule has 9 heteroatoms. The highest BCUT2D eigenvalue weighted by Gasteiger charge is 2.60. The molecule has 0 unspecified atom stereocenters. The summed E-state index contributed by atoms with van der Waals surface area (Å²) >= 11 is 0. The number of fused-ring (bicyclic) bond motifs is 3. The molecule has 0 aliphatic heterocycles. The van der Waals surface area contributed by atoms with E-state index < -0.39 is 57.4 Å². The van der Waals surface area contributed by atoms with Gasteiger partial charge in [0.2, 0.25) is 5.78 Å². The molecule has 196 valence electrons. The van der Waals surface area contributed by atoms with Gasteiger partial charge in [-0.05, 0) is 49.9 Å². The molecule has 3 atom stereocenters. The molecule has 0 saturated heterocycles. The summed E-state index contributed by atoms with van der Waals surface area (Å²) in [6, 6.07) is 1.80. The van der Waals surface area contributed by atoms with Gasteiger partial charge in [0.25, 0.3) is 5.91 Å². The average molecular weight is 509 g/mol. The number of carbonyl (C=O) groups excluding carboxylic acids is 3. The van der Waals surface area contributed by atoms with E-state index in [0.29, 0.717) is 23.2 Å². The Bertz CT molecular complexity index is 1370. The first kappa shape index (κ1) is 26.5. The zero-order valence-electron chi connectivity index (χ0n) is 21.6. The third-order valence-corrected chi connectivity index (χ3v) is 7.49. The number of hydrogen-bond acceptors (Lipinski definition) is 8. The zero-order chi connectivity index (χ0) is 27.6. The Morgan fingerprint density at radius 3 is 2.41 bits per heavy atom. The molecule has 0 bridgehead atoms. The van der Waals surface area contributed by atoms with Crippen LogP contribution >= 0.6 is 0 Å². The standard InChI is InChI=1S/C28H32N2O7/c1-27(2,3)17-11-13(7-6-8-30(4)5)16-10-14-9-15-12-18(31)21(26(29)36)25(35)28(15,37)24(34)19(14)23(33)20(16)22(17)32/h11,14-15,32-33,35,37H,8-10,12H2,1-5H3,(H2,29,36)/t14-,15+,28+/m1/s1. The van der Waals surface area contributed by atoms with Gasteiger partial charge in [-0.2, -0.15) is 0 Å². The van der Waals surface area contributed by atoms with E-state index in [9.17, 15) is 34.8 Å². The van der Waals surface area contributed by atoms with Gasteiger partial charge in [0.15, 0.2) is 11.4 Å². The van der Waals surface area contributed by atoms with Crippen molar-refractivity contribution in [1.29, 1.82) is 0 Å². The van der Waals surface area contributed by atoms with Crippen LogP contribution in [-0.2, 0) is 26.2 Å². The van der Waals surface area contributed by atoms with Crippen molar-refractivity contribution in [1.82, 2.24) is 4.90 Å². The number of nitrogens with zero attached hydrogens (tertiary/aromatic N) is 1. The maximum absolute atomic E-state index is 13.7. The van der Waals surface area contributed by atoms with Crippen LogP contribution in [0, 0.1) is 23.7 Å². The maximum atomic E-state index is 13.7. The summed E-state index contributed by atoms with van der Waals surface area (Å²) in [5, 5.41) is 44.8. The van der Waals surface area contributed by atoms with Crippen molar-refractivity contribution in [3.8, 4) is 17.6 Å². The third kappa shape index (κ3) is 4.01. The Labute approximate surface area is 215 Å². The molecule has 3 aliphatic carbocycles. The lowest BCUT2D eigenvalue weighted by atomic mass is 9.59. The lowest BCUT2D eigenvalue weighted by Gasteiger charge is -2.46. The Morgan fingerprint density at radius 2 is 1.84 bits per heavy atom. The monoisotopic (exact) mass is 508 g/mol. The number of carbonyl (C=O) groups is 3. The molecule has 0 spiro atoms. The summed E-state index contributed by atoms with van der Waals surface area (Å²) in [4.78, 5) is 39.9. The highest BCUT2D eigenvalue weighted by Crippen LogP contribution is 2.53. The predicted molar refractivity (Wildman–Crippen MR) is 136 cm³/mol. The second-order valence-electron chi connectivity index (χ2n) is 11.4. The van der Waals surface area contributed by atoms with Gasteiger partial charge < -0.3 is 26.2 Å². The SMILES string of the molecule is CN(C)CC#Cc1cc(C(C)(C)C)c(O)c2c1C[C@H]1C[C@H]3CC(=O)C(C(N)=O)=C(O)[C@@]3(O)C(=O)C1=C2O. The van der Waals surface area contributed by atoms with Gasteiger partial charge >= 0.3 is 0 Å². The Kier molecular flexibility index (Phi) is 6.26. The van der Waals surface area contributed by atoms with E-state index in [2.05, 4.69) is 11.8 Å². The average Bonchev–Trinajstić information content (AvgIpc) is 2.76. The first-order valence-corrected chi connectivity index (χ1v) is 12.1. The molecule has 4 rings (SSSR count). The number of phenols is 1. The van der Waals surface area contributed by atoms with Gasteiger partial charge in [-0.25, -0.2) is 0 Å². The summed E-state index contributed by atoms with van der Waals surface area (Å²) < 4.78 is 0. The number of nitrogens with two attached hydrogens (primary N) is 1. The first-order valence-electron chi connectivity index (χ1n) is 12.1. The van der Waals surface area contributed by atoms with Crippen LogP contribution in [0.5, 0.6) is 5.75 Å². The van der Waals surface area contributed by atoms with Crippen LogP contribution in [0.2, 0.25) is 0 Å². The minimum atomic E-state index is -2.58. The molecule has 6 N–H and O–H groups in total. The molecule has 1 aromatic rings. The number of aliphatic hydroxyl groups is 3. The van der Waals surface area contributed by atoms with Crippen LogP contribution in [0.4, 0.5) is 0 Å². The second kappa shape index (κ2) is 8.75. The van der Waals surface area contributed by atoms with Crippen molar-refractivity contribution in [2.24, 2.45) is 17.6 Å². The van der Waals surface area contributed by atoms with Crippen LogP contribution in [0.3, 0.4) is 0 Å². The fraction of sp³-hybridized carbons (Fsp3) is 0.464. The summed E-state index contributed by atoms with van der Waals surface area (Å²) in [6.07, 6.45) is -0.0563. The lowest BCUT2D eigenvalue weighted by Crippen LogP contribution is -2.58. The molecule has 9 nitrogen and oxygen atoms in total. The Hall–Kier alpha value is -3.61. The van der Waals surface area contributed by atoms with Crippen LogP contribution in [-0.4, -0.2) is 69.0 Å². The van der Waals surface area contributed by atoms with Crippen molar-refractivity contribution in [3.05, 3.63) is 45.2 Å². The predicted octanol–water partition coefficient (Wildman–Crippen LogP) is 1.63. The van der Waals surface area contributed by atoms with Crippen molar-refractivity contribution in [2.75, 3.05) is 20.6 Å². The van der Waals surface area contributed by atoms with Gasteiger partial charge in [-0.1, -0.05) is 32.6 Å². The largest absolute Gasteiger partial charge is 0.508 e. The minimum absolute atomic E-state index is 0.0636. The molecule has 0 heterocycles. The smallest absolute Gasteiger partial charge is 0.255 e. The van der Waals surface area contributed by atoms with Crippen LogP contribution in [0.25, 0.3) is 5.76 Å². The van der Waals surface area contributed by atoms with E-state index in [-0.39, 0.29) is 36.1 Å². The number of hydrogen-bond donors (Lipinski definition) is 5. The van der Waals surface area contributed by atoms with E-state index in [4.69, 9.17) is 5.73 Å². The summed E-state index contributed by atoms with van der Waals surface area (Å²) in [7, 11) is 3.77. The molecule has 1 fully saturated rings. The second-order valence-corrected chi connectivity index (χ2v) is 11.4. The highest BCUT2D eigenvalue weighted by molar-refractivity contribution is 6.22. The minimum Gasteiger partial charge on any atom is -0.508 e. The van der Waals surface area contributed by atoms with Gasteiger partial charge in [-0.15, -0.1) is 0 Å². The van der Waals surface area contributed by atoms with Gasteiger partial charge in [0, 0.05) is 29.0 Å². The Balaban J connectivity index is 1.97. The van der Waals surface area contributed by atoms with Crippen molar-refractivity contribution < 1.29 is 34.8 Å². The van der Waals surface area contributed by atoms with E-state index in [1.165, 1.54) is 0 Å². The number of benzene rings is 1. The van der Waals surface area contributed by atoms with Crippen molar-refractivity contribution in [2.45, 2.75) is 51.0 Å². The lowest BCUT2D eigenvalue weighted by molar-refractivity contribution is -0.147. The summed E-state index contributed by atoms with van der Waals surface area (Å²) in [5.74, 6) is -0.171. The van der Waals surface area contributed by atoms with Gasteiger partial charge in [-0.3, -0.25) is 19.3 Å². The molecule has 1 amide bonds. The molecule has 1 aromatic carbocycles. The molecule has 3 aliphatic rings. The summed E-state index contributed by atoms with van der Waals surface area (Å²) in [5.41, 5.74) is 2.92.